The summed E-state index contributed by atoms with van der Waals surface area (Å²) in [6, 6.07) is 12.7. The number of aryl methyl sites for hydroxylation is 2. The van der Waals surface area contributed by atoms with Crippen molar-refractivity contribution in [2.75, 3.05) is 29.5 Å². The molecule has 0 radical (unpaired) electrons. The van der Waals surface area contributed by atoms with Gasteiger partial charge in [-0.25, -0.2) is 8.42 Å². The number of methoxy groups -OCH3 is 1. The lowest BCUT2D eigenvalue weighted by atomic mass is 10.1. The van der Waals surface area contributed by atoms with Gasteiger partial charge in [0.25, 0.3) is 0 Å². The average Bonchev–Trinajstić information content (AvgIpc) is 2.60. The molecular weight excluding hydrogens is 364 g/mol. The fourth-order valence-corrected chi connectivity index (χ4v) is 3.67. The second-order valence-corrected chi connectivity index (χ2v) is 8.36. The molecule has 0 spiro atoms. The molecule has 2 aromatic rings. The molecule has 0 aliphatic rings. The Morgan fingerprint density at radius 2 is 1.81 bits per heavy atom. The maximum absolute atomic E-state index is 12.2. The first kappa shape index (κ1) is 20.8. The first-order chi connectivity index (χ1) is 12.7. The number of anilines is 2. The highest BCUT2D eigenvalue weighted by Crippen LogP contribution is 2.24. The Hall–Kier alpha value is -2.54. The largest absolute Gasteiger partial charge is 0.495 e. The van der Waals surface area contributed by atoms with Gasteiger partial charge < -0.3 is 10.1 Å². The molecule has 0 saturated carbocycles. The van der Waals surface area contributed by atoms with Crippen LogP contribution >= 0.6 is 0 Å². The smallest absolute Gasteiger partial charge is 0.232 e. The monoisotopic (exact) mass is 390 g/mol. The molecule has 0 saturated heterocycles. The zero-order valence-electron chi connectivity index (χ0n) is 16.2. The SMILES string of the molecule is COc1ccccc1NC(=O)CCCN(c1ccc(C)c(C)c1)S(C)(=O)=O. The normalized spacial score (nSPS) is 11.1. The Morgan fingerprint density at radius 3 is 2.44 bits per heavy atom. The topological polar surface area (TPSA) is 75.7 Å². The Balaban J connectivity index is 2.01. The van der Waals surface area contributed by atoms with E-state index in [0.717, 1.165) is 11.1 Å². The van der Waals surface area contributed by atoms with Crippen LogP contribution in [0.15, 0.2) is 42.5 Å². The van der Waals surface area contributed by atoms with E-state index in [2.05, 4.69) is 5.32 Å². The molecule has 2 rings (SSSR count). The van der Waals surface area contributed by atoms with Gasteiger partial charge in [-0.3, -0.25) is 9.10 Å². The van der Waals surface area contributed by atoms with Crippen molar-refractivity contribution in [1.82, 2.24) is 0 Å². The molecule has 1 amide bonds. The van der Waals surface area contributed by atoms with Crippen molar-refractivity contribution in [2.24, 2.45) is 0 Å². The van der Waals surface area contributed by atoms with Gasteiger partial charge in [-0.2, -0.15) is 0 Å². The first-order valence-corrected chi connectivity index (χ1v) is 10.5. The van der Waals surface area contributed by atoms with E-state index in [9.17, 15) is 13.2 Å². The maximum atomic E-state index is 12.2. The Bertz CT molecular complexity index is 910. The molecule has 0 atom stereocenters. The van der Waals surface area contributed by atoms with Crippen LogP contribution in [0.2, 0.25) is 0 Å². The number of amides is 1. The van der Waals surface area contributed by atoms with Gasteiger partial charge in [-0.15, -0.1) is 0 Å². The van der Waals surface area contributed by atoms with E-state index in [1.165, 1.54) is 10.6 Å². The van der Waals surface area contributed by atoms with Crippen LogP contribution in [0.25, 0.3) is 0 Å². The van der Waals surface area contributed by atoms with Crippen molar-refractivity contribution in [3.05, 3.63) is 53.6 Å². The standard InChI is InChI=1S/C20H26N2O4S/c1-15-11-12-17(14-16(15)2)22(27(4,24)25)13-7-10-20(23)21-18-8-5-6-9-19(18)26-3/h5-6,8-9,11-12,14H,7,10,13H2,1-4H3,(H,21,23). The fraction of sp³-hybridized carbons (Fsp3) is 0.350. The van der Waals surface area contributed by atoms with Gasteiger partial charge in [-0.05, 0) is 55.7 Å². The Morgan fingerprint density at radius 1 is 1.11 bits per heavy atom. The van der Waals surface area contributed by atoms with Crippen LogP contribution in [0.3, 0.4) is 0 Å². The molecule has 0 fully saturated rings. The van der Waals surface area contributed by atoms with Crippen LogP contribution in [0.1, 0.15) is 24.0 Å². The van der Waals surface area contributed by atoms with E-state index in [4.69, 9.17) is 4.74 Å². The second-order valence-electron chi connectivity index (χ2n) is 6.46. The van der Waals surface area contributed by atoms with Crippen molar-refractivity contribution in [3.8, 4) is 5.75 Å². The minimum absolute atomic E-state index is 0.187. The second kappa shape index (κ2) is 8.90. The van der Waals surface area contributed by atoms with E-state index < -0.39 is 10.0 Å². The van der Waals surface area contributed by atoms with Crippen LogP contribution in [-0.4, -0.2) is 34.2 Å². The minimum atomic E-state index is -3.43. The van der Waals surface area contributed by atoms with E-state index in [1.807, 2.05) is 38.1 Å². The van der Waals surface area contributed by atoms with Crippen LogP contribution in [-0.2, 0) is 14.8 Å². The molecule has 0 unspecified atom stereocenters. The molecular formula is C20H26N2O4S. The molecule has 6 nitrogen and oxygen atoms in total. The molecule has 0 heterocycles. The zero-order chi connectivity index (χ0) is 20.0. The summed E-state index contributed by atoms with van der Waals surface area (Å²) in [5, 5.41) is 2.80. The number of rotatable bonds is 8. The average molecular weight is 391 g/mol. The van der Waals surface area contributed by atoms with Gasteiger partial charge in [0.1, 0.15) is 5.75 Å². The van der Waals surface area contributed by atoms with Gasteiger partial charge in [0.05, 0.1) is 24.7 Å². The number of nitrogens with zero attached hydrogens (tertiary/aromatic N) is 1. The third-order valence-electron chi connectivity index (χ3n) is 4.32. The Labute approximate surface area is 161 Å². The van der Waals surface area contributed by atoms with E-state index in [0.29, 0.717) is 23.5 Å². The molecule has 7 heteroatoms. The predicted octanol–water partition coefficient (Wildman–Crippen LogP) is 3.50. The summed E-state index contributed by atoms with van der Waals surface area (Å²) < 4.78 is 30.9. The van der Waals surface area contributed by atoms with Crippen molar-refractivity contribution in [3.63, 3.8) is 0 Å². The zero-order valence-corrected chi connectivity index (χ0v) is 17.0. The summed E-state index contributed by atoms with van der Waals surface area (Å²) in [6.07, 6.45) is 1.78. The van der Waals surface area contributed by atoms with Gasteiger partial charge in [0.2, 0.25) is 15.9 Å². The highest BCUT2D eigenvalue weighted by atomic mass is 32.2. The number of hydrogen-bond acceptors (Lipinski definition) is 4. The van der Waals surface area contributed by atoms with Crippen molar-refractivity contribution in [2.45, 2.75) is 26.7 Å². The number of hydrogen-bond donors (Lipinski definition) is 1. The molecule has 2 aromatic carbocycles. The number of ether oxygens (including phenoxy) is 1. The quantitative estimate of drug-likeness (QED) is 0.749. The van der Waals surface area contributed by atoms with Gasteiger partial charge in [-0.1, -0.05) is 18.2 Å². The summed E-state index contributed by atoms with van der Waals surface area (Å²) in [5.74, 6) is 0.395. The molecule has 27 heavy (non-hydrogen) atoms. The van der Waals surface area contributed by atoms with Crippen molar-refractivity contribution < 1.29 is 17.9 Å². The fourth-order valence-electron chi connectivity index (χ4n) is 2.71. The van der Waals surface area contributed by atoms with Crippen LogP contribution in [0.4, 0.5) is 11.4 Å². The lowest BCUT2D eigenvalue weighted by Gasteiger charge is -2.23. The van der Waals surface area contributed by atoms with Gasteiger partial charge >= 0.3 is 0 Å². The van der Waals surface area contributed by atoms with Gasteiger partial charge in [0.15, 0.2) is 0 Å². The first-order valence-electron chi connectivity index (χ1n) is 8.70. The lowest BCUT2D eigenvalue weighted by molar-refractivity contribution is -0.116. The molecule has 0 aliphatic heterocycles. The summed E-state index contributed by atoms with van der Waals surface area (Å²) in [7, 11) is -1.89. The number of carbonyl (C=O) groups is 1. The molecule has 0 bridgehead atoms. The summed E-state index contributed by atoms with van der Waals surface area (Å²) in [5.41, 5.74) is 3.34. The highest BCUT2D eigenvalue weighted by Gasteiger charge is 2.18. The molecule has 0 aliphatic carbocycles. The Kier molecular flexibility index (Phi) is 6.85. The summed E-state index contributed by atoms with van der Waals surface area (Å²) >= 11 is 0. The van der Waals surface area contributed by atoms with Crippen molar-refractivity contribution >= 4 is 27.3 Å². The lowest BCUT2D eigenvalue weighted by Crippen LogP contribution is -2.31. The van der Waals surface area contributed by atoms with E-state index >= 15 is 0 Å². The third-order valence-corrected chi connectivity index (χ3v) is 5.52. The molecule has 146 valence electrons. The third kappa shape index (κ3) is 5.72. The number of sulfonamides is 1. The van der Waals surface area contributed by atoms with Crippen LogP contribution in [0, 0.1) is 13.8 Å². The number of carbonyl (C=O) groups excluding carboxylic acids is 1. The maximum Gasteiger partial charge on any atom is 0.232 e. The number of nitrogens with one attached hydrogen (secondary N) is 1. The summed E-state index contributed by atoms with van der Waals surface area (Å²) in [4.78, 5) is 12.2. The van der Waals surface area contributed by atoms with E-state index in [-0.39, 0.29) is 18.9 Å². The summed E-state index contributed by atoms with van der Waals surface area (Å²) in [6.45, 7) is 4.16. The van der Waals surface area contributed by atoms with Gasteiger partial charge in [0, 0.05) is 13.0 Å². The predicted molar refractivity (Wildman–Crippen MR) is 109 cm³/mol. The van der Waals surface area contributed by atoms with Crippen LogP contribution in [0.5, 0.6) is 5.75 Å². The minimum Gasteiger partial charge on any atom is -0.495 e. The number of benzene rings is 2. The van der Waals surface area contributed by atoms with E-state index in [1.54, 1.807) is 25.3 Å². The number of para-hydroxylation sites is 2. The van der Waals surface area contributed by atoms with Crippen LogP contribution < -0.4 is 14.4 Å². The van der Waals surface area contributed by atoms with Crippen molar-refractivity contribution in [1.29, 1.82) is 0 Å². The highest BCUT2D eigenvalue weighted by molar-refractivity contribution is 7.92. The molecule has 1 N–H and O–H groups in total. The molecule has 0 aromatic heterocycles.